The fraction of sp³-hybridized carbons (Fsp3) is 0.500. The smallest absolute Gasteiger partial charge is 0.423 e. The van der Waals surface area contributed by atoms with E-state index in [1.807, 2.05) is 0 Å². The lowest BCUT2D eigenvalue weighted by Crippen LogP contribution is -2.51. The van der Waals surface area contributed by atoms with Crippen molar-refractivity contribution in [2.75, 3.05) is 31.5 Å². The van der Waals surface area contributed by atoms with E-state index in [1.165, 1.54) is 12.1 Å². The first kappa shape index (κ1) is 34.4. The Labute approximate surface area is 260 Å². The molecule has 15 heteroatoms. The maximum Gasteiger partial charge on any atom is 0.492 e. The van der Waals surface area contributed by atoms with Gasteiger partial charge in [0.1, 0.15) is 6.04 Å². The Balaban J connectivity index is 1.44. The van der Waals surface area contributed by atoms with Gasteiger partial charge < -0.3 is 42.4 Å². The zero-order valence-electron chi connectivity index (χ0n) is 25.3. The Morgan fingerprint density at radius 3 is 2.27 bits per heavy atom. The van der Waals surface area contributed by atoms with Gasteiger partial charge in [-0.05, 0) is 86.0 Å². The highest BCUT2D eigenvalue weighted by Crippen LogP contribution is 2.31. The Hall–Kier alpha value is -3.50. The van der Waals surface area contributed by atoms with Crippen LogP contribution in [0.1, 0.15) is 43.4 Å². The molecule has 0 bridgehead atoms. The van der Waals surface area contributed by atoms with E-state index in [0.29, 0.717) is 42.9 Å². The van der Waals surface area contributed by atoms with Crippen LogP contribution in [0.3, 0.4) is 0 Å². The lowest BCUT2D eigenvalue weighted by molar-refractivity contribution is -0.137. The molecule has 0 aliphatic carbocycles. The monoisotopic (exact) mass is 632 g/mol. The van der Waals surface area contributed by atoms with Crippen molar-refractivity contribution in [3.8, 4) is 0 Å². The van der Waals surface area contributed by atoms with E-state index < -0.39 is 48.4 Å². The fourth-order valence-electron chi connectivity index (χ4n) is 5.83. The molecule has 244 valence electrons. The van der Waals surface area contributed by atoms with E-state index in [9.17, 15) is 32.6 Å². The Morgan fingerprint density at radius 1 is 1.07 bits per heavy atom. The van der Waals surface area contributed by atoms with Crippen LogP contribution >= 0.6 is 0 Å². The van der Waals surface area contributed by atoms with Crippen LogP contribution in [0.15, 0.2) is 42.5 Å². The molecule has 1 saturated heterocycles. The molecule has 0 radical (unpaired) electrons. The van der Waals surface area contributed by atoms with Crippen molar-refractivity contribution >= 4 is 36.0 Å². The number of anilines is 1. The molecule has 3 amide bonds. The maximum absolute atomic E-state index is 13.4. The SMILES string of the molecule is CC1(C)OB(O)c2cc(NC(=O)[C@@H](Cc3ccc(C(F)(F)F)cc3)NC(=O)[C@@H](N)CCC(=O)N3C[C@H](CN)[C@@H](CN)C3)ccc21. The van der Waals surface area contributed by atoms with Crippen molar-refractivity contribution in [1.29, 1.82) is 0 Å². The normalized spacial score (nSPS) is 20.5. The first-order chi connectivity index (χ1) is 21.1. The molecule has 2 aliphatic rings. The minimum Gasteiger partial charge on any atom is -0.423 e. The molecule has 4 rings (SSSR count). The van der Waals surface area contributed by atoms with Gasteiger partial charge in [-0.1, -0.05) is 18.2 Å². The number of hydrogen-bond acceptors (Lipinski definition) is 8. The molecule has 2 aromatic carbocycles. The zero-order valence-corrected chi connectivity index (χ0v) is 25.3. The standard InChI is InChI=1S/C30H40BF3N6O5/c1-29(2)22-8-7-21(12-23(22)31(44)45-29)38-28(43)25(11-17-3-5-20(6-4-17)30(32,33)34)39-27(42)24(37)9-10-26(41)40-15-18(13-35)19(14-36)16-40/h3-8,12,18-19,24-25,44H,9-11,13-16,35-37H2,1-2H3,(H,38,43)(H,39,42)/t18-,19-,24-,25+/m0/s1. The van der Waals surface area contributed by atoms with Gasteiger partial charge >= 0.3 is 13.3 Å². The number of nitrogens with zero attached hydrogens (tertiary/aromatic N) is 1. The number of fused-ring (bicyclic) bond motifs is 1. The van der Waals surface area contributed by atoms with Gasteiger partial charge in [0.05, 0.1) is 17.2 Å². The van der Waals surface area contributed by atoms with Crippen LogP contribution < -0.4 is 33.3 Å². The number of halogens is 3. The molecular weight excluding hydrogens is 592 g/mol. The molecule has 2 aliphatic heterocycles. The van der Waals surface area contributed by atoms with Crippen molar-refractivity contribution in [1.82, 2.24) is 10.2 Å². The highest BCUT2D eigenvalue weighted by atomic mass is 19.4. The number of benzene rings is 2. The second-order valence-electron chi connectivity index (χ2n) is 12.2. The van der Waals surface area contributed by atoms with Crippen LogP contribution in [0.4, 0.5) is 18.9 Å². The quantitative estimate of drug-likeness (QED) is 0.193. The van der Waals surface area contributed by atoms with Gasteiger partial charge in [-0.2, -0.15) is 13.2 Å². The van der Waals surface area contributed by atoms with Crippen molar-refractivity contribution in [2.24, 2.45) is 29.0 Å². The van der Waals surface area contributed by atoms with Gasteiger partial charge in [0.2, 0.25) is 17.7 Å². The van der Waals surface area contributed by atoms with Crippen molar-refractivity contribution in [3.63, 3.8) is 0 Å². The van der Waals surface area contributed by atoms with Gasteiger partial charge in [0.15, 0.2) is 0 Å². The van der Waals surface area contributed by atoms with Crippen molar-refractivity contribution in [3.05, 3.63) is 59.2 Å². The number of likely N-dealkylation sites (tertiary alicyclic amines) is 1. The van der Waals surface area contributed by atoms with Gasteiger partial charge in [0, 0.05) is 31.6 Å². The summed E-state index contributed by atoms with van der Waals surface area (Å²) in [6.45, 7) is 5.38. The molecule has 45 heavy (non-hydrogen) atoms. The van der Waals surface area contributed by atoms with E-state index in [-0.39, 0.29) is 37.0 Å². The highest BCUT2D eigenvalue weighted by molar-refractivity contribution is 6.62. The van der Waals surface area contributed by atoms with E-state index in [1.54, 1.807) is 36.9 Å². The summed E-state index contributed by atoms with van der Waals surface area (Å²) in [5.74, 6) is -1.33. The molecule has 1 fully saturated rings. The van der Waals surface area contributed by atoms with Crippen molar-refractivity contribution in [2.45, 2.75) is 57.0 Å². The second kappa shape index (κ2) is 13.9. The molecular formula is C30H40BF3N6O5. The van der Waals surface area contributed by atoms with Crippen LogP contribution in [0.25, 0.3) is 0 Å². The Morgan fingerprint density at radius 2 is 1.69 bits per heavy atom. The molecule has 0 saturated carbocycles. The number of carbonyl (C=O) groups is 3. The van der Waals surface area contributed by atoms with E-state index in [0.717, 1.165) is 17.7 Å². The van der Waals surface area contributed by atoms with Crippen LogP contribution in [0.2, 0.25) is 0 Å². The number of nitrogens with one attached hydrogen (secondary N) is 2. The molecule has 4 atom stereocenters. The average Bonchev–Trinajstić information content (AvgIpc) is 3.51. The summed E-state index contributed by atoms with van der Waals surface area (Å²) in [4.78, 5) is 41.0. The summed E-state index contributed by atoms with van der Waals surface area (Å²) in [5, 5.41) is 15.6. The summed E-state index contributed by atoms with van der Waals surface area (Å²) >= 11 is 0. The number of alkyl halides is 3. The van der Waals surface area contributed by atoms with E-state index >= 15 is 0 Å². The number of rotatable bonds is 11. The van der Waals surface area contributed by atoms with E-state index in [2.05, 4.69) is 10.6 Å². The van der Waals surface area contributed by atoms with Gasteiger partial charge in [-0.25, -0.2) is 0 Å². The predicted octanol–water partition coefficient (Wildman–Crippen LogP) is 0.424. The lowest BCUT2D eigenvalue weighted by atomic mass is 9.78. The summed E-state index contributed by atoms with van der Waals surface area (Å²) in [6, 6.07) is 6.80. The van der Waals surface area contributed by atoms with Crippen LogP contribution in [-0.2, 0) is 37.2 Å². The summed E-state index contributed by atoms with van der Waals surface area (Å²) in [7, 11) is -1.20. The van der Waals surface area contributed by atoms with Crippen molar-refractivity contribution < 1.29 is 37.2 Å². The Kier molecular flexibility index (Phi) is 10.6. The number of amides is 3. The molecule has 0 spiro atoms. The van der Waals surface area contributed by atoms with Crippen LogP contribution in [0, 0.1) is 11.8 Å². The first-order valence-electron chi connectivity index (χ1n) is 14.8. The Bertz CT molecular complexity index is 1380. The number of nitrogens with two attached hydrogens (primary N) is 3. The van der Waals surface area contributed by atoms with Gasteiger partial charge in [-0.3, -0.25) is 14.4 Å². The minimum absolute atomic E-state index is 0.00515. The fourth-order valence-corrected chi connectivity index (χ4v) is 5.83. The van der Waals surface area contributed by atoms with E-state index in [4.69, 9.17) is 21.9 Å². The third-order valence-corrected chi connectivity index (χ3v) is 8.53. The van der Waals surface area contributed by atoms with Crippen LogP contribution in [0.5, 0.6) is 0 Å². The largest absolute Gasteiger partial charge is 0.492 e. The molecule has 0 aromatic heterocycles. The predicted molar refractivity (Wildman–Crippen MR) is 163 cm³/mol. The highest BCUT2D eigenvalue weighted by Gasteiger charge is 2.41. The first-order valence-corrected chi connectivity index (χ1v) is 14.8. The number of hydrogen-bond donors (Lipinski definition) is 6. The molecule has 2 aromatic rings. The van der Waals surface area contributed by atoms with Gasteiger partial charge in [0.25, 0.3) is 0 Å². The summed E-state index contributed by atoms with van der Waals surface area (Å²) in [5.41, 5.74) is 18.0. The number of carbonyl (C=O) groups excluding carboxylic acids is 3. The molecule has 2 heterocycles. The molecule has 11 nitrogen and oxygen atoms in total. The summed E-state index contributed by atoms with van der Waals surface area (Å²) in [6.07, 6.45) is -4.67. The minimum atomic E-state index is -4.53. The average molecular weight is 632 g/mol. The third-order valence-electron chi connectivity index (χ3n) is 8.53. The third kappa shape index (κ3) is 8.21. The van der Waals surface area contributed by atoms with Crippen LogP contribution in [-0.4, -0.2) is 73.0 Å². The molecule has 9 N–H and O–H groups in total. The molecule has 0 unspecified atom stereocenters. The topological polar surface area (TPSA) is 186 Å². The van der Waals surface area contributed by atoms with Gasteiger partial charge in [-0.15, -0.1) is 0 Å². The maximum atomic E-state index is 13.4. The second-order valence-corrected chi connectivity index (χ2v) is 12.2. The zero-order chi connectivity index (χ0) is 33.1. The lowest BCUT2D eigenvalue weighted by Gasteiger charge is -2.22. The summed E-state index contributed by atoms with van der Waals surface area (Å²) < 4.78 is 44.8.